The van der Waals surface area contributed by atoms with E-state index in [1.54, 1.807) is 12.4 Å². The van der Waals surface area contributed by atoms with Crippen molar-refractivity contribution in [1.29, 1.82) is 0 Å². The zero-order valence-corrected chi connectivity index (χ0v) is 9.77. The van der Waals surface area contributed by atoms with Crippen LogP contribution in [-0.2, 0) is 0 Å². The highest BCUT2D eigenvalue weighted by atomic mass is 79.9. The quantitative estimate of drug-likeness (QED) is 0.743. The molecule has 0 saturated heterocycles. The summed E-state index contributed by atoms with van der Waals surface area (Å²) in [6, 6.07) is 7.87. The lowest BCUT2D eigenvalue weighted by Crippen LogP contribution is -1.87. The number of fused-ring (bicyclic) bond motifs is 1. The SMILES string of the molecule is Brc1cncc(-c2nc3ccccc3[nH]2)n1. The van der Waals surface area contributed by atoms with Gasteiger partial charge in [0, 0.05) is 0 Å². The van der Waals surface area contributed by atoms with E-state index in [0.29, 0.717) is 4.60 Å². The predicted molar refractivity (Wildman–Crippen MR) is 64.8 cm³/mol. The minimum absolute atomic E-state index is 0.699. The Morgan fingerprint density at radius 2 is 1.94 bits per heavy atom. The summed E-state index contributed by atoms with van der Waals surface area (Å²) in [5, 5.41) is 0. The lowest BCUT2D eigenvalue weighted by Gasteiger charge is -1.94. The number of nitrogens with zero attached hydrogens (tertiary/aromatic N) is 3. The molecule has 3 aromatic rings. The van der Waals surface area contributed by atoms with Crippen LogP contribution in [0.25, 0.3) is 22.6 Å². The summed E-state index contributed by atoms with van der Waals surface area (Å²) >= 11 is 3.29. The van der Waals surface area contributed by atoms with Crippen molar-refractivity contribution in [3.8, 4) is 11.5 Å². The van der Waals surface area contributed by atoms with Crippen LogP contribution in [0.1, 0.15) is 0 Å². The number of hydrogen-bond acceptors (Lipinski definition) is 3. The molecule has 2 aromatic heterocycles. The van der Waals surface area contributed by atoms with E-state index in [1.165, 1.54) is 0 Å². The fourth-order valence-electron chi connectivity index (χ4n) is 1.53. The number of halogens is 1. The van der Waals surface area contributed by atoms with Crippen molar-refractivity contribution >= 4 is 27.0 Å². The van der Waals surface area contributed by atoms with Crippen molar-refractivity contribution in [3.05, 3.63) is 41.3 Å². The fourth-order valence-corrected chi connectivity index (χ4v) is 1.84. The average Bonchev–Trinajstić information content (AvgIpc) is 2.72. The van der Waals surface area contributed by atoms with Gasteiger partial charge in [-0.05, 0) is 28.1 Å². The van der Waals surface area contributed by atoms with Crippen LogP contribution in [0.2, 0.25) is 0 Å². The third kappa shape index (κ3) is 1.59. The topological polar surface area (TPSA) is 54.5 Å². The van der Waals surface area contributed by atoms with E-state index >= 15 is 0 Å². The van der Waals surface area contributed by atoms with E-state index in [4.69, 9.17) is 0 Å². The highest BCUT2D eigenvalue weighted by Gasteiger charge is 2.06. The minimum Gasteiger partial charge on any atom is -0.337 e. The molecule has 3 rings (SSSR count). The van der Waals surface area contributed by atoms with Crippen molar-refractivity contribution in [2.45, 2.75) is 0 Å². The molecule has 5 heteroatoms. The molecule has 4 nitrogen and oxygen atoms in total. The summed E-state index contributed by atoms with van der Waals surface area (Å²) in [6.07, 6.45) is 3.33. The van der Waals surface area contributed by atoms with Crippen molar-refractivity contribution in [2.75, 3.05) is 0 Å². The molecule has 0 aliphatic carbocycles. The number of para-hydroxylation sites is 2. The molecule has 1 aromatic carbocycles. The molecule has 78 valence electrons. The molecular weight excluding hydrogens is 268 g/mol. The van der Waals surface area contributed by atoms with Gasteiger partial charge in [0.05, 0.1) is 23.4 Å². The first kappa shape index (κ1) is 9.47. The number of hydrogen-bond donors (Lipinski definition) is 1. The molecule has 1 N–H and O–H groups in total. The number of imidazole rings is 1. The van der Waals surface area contributed by atoms with Crippen LogP contribution in [0.3, 0.4) is 0 Å². The third-order valence-electron chi connectivity index (χ3n) is 2.24. The molecule has 16 heavy (non-hydrogen) atoms. The number of benzene rings is 1. The molecule has 2 heterocycles. The Morgan fingerprint density at radius 3 is 2.75 bits per heavy atom. The Kier molecular flexibility index (Phi) is 2.18. The average molecular weight is 275 g/mol. The molecule has 0 atom stereocenters. The van der Waals surface area contributed by atoms with Crippen LogP contribution < -0.4 is 0 Å². The molecule has 0 fully saturated rings. The molecular formula is C11H7BrN4. The first-order valence-corrected chi connectivity index (χ1v) is 5.55. The van der Waals surface area contributed by atoms with Gasteiger partial charge in [0.15, 0.2) is 5.82 Å². The summed E-state index contributed by atoms with van der Waals surface area (Å²) in [4.78, 5) is 16.0. The van der Waals surface area contributed by atoms with Gasteiger partial charge >= 0.3 is 0 Å². The van der Waals surface area contributed by atoms with Crippen molar-refractivity contribution < 1.29 is 0 Å². The number of aromatic amines is 1. The van der Waals surface area contributed by atoms with E-state index in [0.717, 1.165) is 22.6 Å². The van der Waals surface area contributed by atoms with Crippen molar-refractivity contribution in [2.24, 2.45) is 0 Å². The Balaban J connectivity index is 2.19. The highest BCUT2D eigenvalue weighted by Crippen LogP contribution is 2.18. The Labute approximate surface area is 99.9 Å². The van der Waals surface area contributed by atoms with Gasteiger partial charge < -0.3 is 4.98 Å². The van der Waals surface area contributed by atoms with E-state index < -0.39 is 0 Å². The molecule has 0 amide bonds. The van der Waals surface area contributed by atoms with Gasteiger partial charge in [-0.15, -0.1) is 0 Å². The molecule has 0 aliphatic rings. The zero-order valence-electron chi connectivity index (χ0n) is 8.18. The Morgan fingerprint density at radius 1 is 1.06 bits per heavy atom. The molecule has 0 radical (unpaired) electrons. The maximum atomic E-state index is 4.45. The van der Waals surface area contributed by atoms with Gasteiger partial charge in [-0.25, -0.2) is 9.97 Å². The van der Waals surface area contributed by atoms with Gasteiger partial charge in [-0.1, -0.05) is 12.1 Å². The van der Waals surface area contributed by atoms with Crippen LogP contribution in [0, 0.1) is 0 Å². The zero-order chi connectivity index (χ0) is 11.0. The summed E-state index contributed by atoms with van der Waals surface area (Å²) < 4.78 is 0.699. The normalized spacial score (nSPS) is 10.8. The summed E-state index contributed by atoms with van der Waals surface area (Å²) in [5.41, 5.74) is 2.66. The van der Waals surface area contributed by atoms with Crippen molar-refractivity contribution in [3.63, 3.8) is 0 Å². The lowest BCUT2D eigenvalue weighted by molar-refractivity contribution is 1.14. The number of nitrogens with one attached hydrogen (secondary N) is 1. The van der Waals surface area contributed by atoms with E-state index in [9.17, 15) is 0 Å². The largest absolute Gasteiger partial charge is 0.337 e. The maximum Gasteiger partial charge on any atom is 0.158 e. The molecule has 0 saturated carbocycles. The van der Waals surface area contributed by atoms with Crippen LogP contribution in [-0.4, -0.2) is 19.9 Å². The highest BCUT2D eigenvalue weighted by molar-refractivity contribution is 9.10. The standard InChI is InChI=1S/C11H7BrN4/c12-10-6-13-5-9(14-10)11-15-7-3-1-2-4-8(7)16-11/h1-6H,(H,15,16). The number of H-pyrrole nitrogens is 1. The summed E-state index contributed by atoms with van der Waals surface area (Å²) in [7, 11) is 0. The van der Waals surface area contributed by atoms with E-state index in [2.05, 4.69) is 35.9 Å². The van der Waals surface area contributed by atoms with E-state index in [1.807, 2.05) is 24.3 Å². The Bertz CT molecular complexity index is 614. The number of aromatic nitrogens is 4. The van der Waals surface area contributed by atoms with Crippen LogP contribution in [0.5, 0.6) is 0 Å². The monoisotopic (exact) mass is 274 g/mol. The smallest absolute Gasteiger partial charge is 0.158 e. The van der Waals surface area contributed by atoms with Crippen molar-refractivity contribution in [1.82, 2.24) is 19.9 Å². The van der Waals surface area contributed by atoms with Crippen LogP contribution >= 0.6 is 15.9 Å². The fraction of sp³-hybridized carbons (Fsp3) is 0. The van der Waals surface area contributed by atoms with Crippen LogP contribution in [0.4, 0.5) is 0 Å². The minimum atomic E-state index is 0.699. The Hall–Kier alpha value is -1.75. The van der Waals surface area contributed by atoms with Gasteiger partial charge in [0.1, 0.15) is 10.3 Å². The van der Waals surface area contributed by atoms with Gasteiger partial charge in [-0.3, -0.25) is 4.98 Å². The number of rotatable bonds is 1. The first-order chi connectivity index (χ1) is 7.83. The molecule has 0 bridgehead atoms. The maximum absolute atomic E-state index is 4.45. The van der Waals surface area contributed by atoms with Gasteiger partial charge in [0.2, 0.25) is 0 Å². The van der Waals surface area contributed by atoms with Crippen LogP contribution in [0.15, 0.2) is 41.3 Å². The van der Waals surface area contributed by atoms with Gasteiger partial charge in [0.25, 0.3) is 0 Å². The molecule has 0 aliphatic heterocycles. The molecule has 0 spiro atoms. The van der Waals surface area contributed by atoms with E-state index in [-0.39, 0.29) is 0 Å². The predicted octanol–water partition coefficient (Wildman–Crippen LogP) is 2.78. The second-order valence-corrected chi connectivity index (χ2v) is 4.14. The lowest BCUT2D eigenvalue weighted by atomic mass is 10.3. The third-order valence-corrected chi connectivity index (χ3v) is 2.62. The first-order valence-electron chi connectivity index (χ1n) is 4.75. The van der Waals surface area contributed by atoms with Gasteiger partial charge in [-0.2, -0.15) is 0 Å². The second kappa shape index (κ2) is 3.68. The molecule has 0 unspecified atom stereocenters. The summed E-state index contributed by atoms with van der Waals surface area (Å²) in [5.74, 6) is 0.731. The second-order valence-electron chi connectivity index (χ2n) is 3.33. The summed E-state index contributed by atoms with van der Waals surface area (Å²) in [6.45, 7) is 0.